The third-order valence-electron chi connectivity index (χ3n) is 6.24. The highest BCUT2D eigenvalue weighted by molar-refractivity contribution is 6.30. The number of rotatable bonds is 7. The number of aromatic nitrogens is 1. The van der Waals surface area contributed by atoms with E-state index in [1.807, 2.05) is 18.2 Å². The molecule has 2 aromatic rings. The SMILES string of the molecule is CNC(=O)Cc1nc(NC(C)=O)ccc1C(=O)NC1CCC(CN)(c2cccc(Cl)c2)CC1.Cl. The zero-order valence-electron chi connectivity index (χ0n) is 19.3. The highest BCUT2D eigenvalue weighted by atomic mass is 35.5. The molecule has 0 bridgehead atoms. The van der Waals surface area contributed by atoms with Crippen LogP contribution in [0.5, 0.6) is 0 Å². The molecule has 0 unspecified atom stereocenters. The van der Waals surface area contributed by atoms with Gasteiger partial charge in [0.05, 0.1) is 17.7 Å². The van der Waals surface area contributed by atoms with Gasteiger partial charge in [0.25, 0.3) is 5.91 Å². The first-order chi connectivity index (χ1) is 15.8. The zero-order valence-corrected chi connectivity index (χ0v) is 20.9. The van der Waals surface area contributed by atoms with Gasteiger partial charge >= 0.3 is 0 Å². The van der Waals surface area contributed by atoms with Crippen molar-refractivity contribution >= 4 is 47.5 Å². The van der Waals surface area contributed by atoms with Gasteiger partial charge in [0.15, 0.2) is 0 Å². The predicted molar refractivity (Wildman–Crippen MR) is 135 cm³/mol. The predicted octanol–water partition coefficient (Wildman–Crippen LogP) is 2.97. The highest BCUT2D eigenvalue weighted by Crippen LogP contribution is 2.39. The van der Waals surface area contributed by atoms with E-state index in [1.54, 1.807) is 12.1 Å². The van der Waals surface area contributed by atoms with Crippen molar-refractivity contribution < 1.29 is 14.4 Å². The Balaban J connectivity index is 0.00000408. The second-order valence-corrected chi connectivity index (χ2v) is 8.90. The molecular weight excluding hydrogens is 477 g/mol. The van der Waals surface area contributed by atoms with Crippen LogP contribution in [0.1, 0.15) is 54.2 Å². The first kappa shape index (κ1) is 27.6. The summed E-state index contributed by atoms with van der Waals surface area (Å²) in [4.78, 5) is 40.7. The van der Waals surface area contributed by atoms with E-state index in [4.69, 9.17) is 17.3 Å². The van der Waals surface area contributed by atoms with Gasteiger partial charge in [0.1, 0.15) is 5.82 Å². The summed E-state index contributed by atoms with van der Waals surface area (Å²) in [7, 11) is 1.52. The fourth-order valence-corrected chi connectivity index (χ4v) is 4.53. The Kier molecular flexibility index (Phi) is 9.85. The van der Waals surface area contributed by atoms with Crippen LogP contribution in [-0.2, 0) is 21.4 Å². The van der Waals surface area contributed by atoms with Gasteiger partial charge < -0.3 is 21.7 Å². The molecule has 34 heavy (non-hydrogen) atoms. The van der Waals surface area contributed by atoms with Gasteiger partial charge in [-0.2, -0.15) is 0 Å². The molecule has 10 heteroatoms. The lowest BCUT2D eigenvalue weighted by molar-refractivity contribution is -0.120. The maximum absolute atomic E-state index is 13.1. The lowest BCUT2D eigenvalue weighted by atomic mass is 9.68. The average Bonchev–Trinajstić information content (AvgIpc) is 2.79. The lowest BCUT2D eigenvalue weighted by Gasteiger charge is -2.40. The molecule has 1 aromatic heterocycles. The second kappa shape index (κ2) is 12.1. The molecule has 5 N–H and O–H groups in total. The molecule has 1 heterocycles. The van der Waals surface area contributed by atoms with Crippen LogP contribution in [0.15, 0.2) is 36.4 Å². The van der Waals surface area contributed by atoms with E-state index in [2.05, 4.69) is 27.0 Å². The molecule has 0 aliphatic heterocycles. The third-order valence-corrected chi connectivity index (χ3v) is 6.47. The number of hydrogen-bond acceptors (Lipinski definition) is 5. The molecule has 184 valence electrons. The summed E-state index contributed by atoms with van der Waals surface area (Å²) in [5.41, 5.74) is 7.78. The van der Waals surface area contributed by atoms with Crippen LogP contribution < -0.4 is 21.7 Å². The molecule has 0 atom stereocenters. The van der Waals surface area contributed by atoms with Crippen LogP contribution >= 0.6 is 24.0 Å². The number of nitrogens with zero attached hydrogens (tertiary/aromatic N) is 1. The Bertz CT molecular complexity index is 1040. The number of hydrogen-bond donors (Lipinski definition) is 4. The van der Waals surface area contributed by atoms with Crippen LogP contribution in [0.4, 0.5) is 5.82 Å². The van der Waals surface area contributed by atoms with Crippen molar-refractivity contribution in [2.75, 3.05) is 18.9 Å². The number of benzene rings is 1. The topological polar surface area (TPSA) is 126 Å². The zero-order chi connectivity index (χ0) is 24.0. The lowest BCUT2D eigenvalue weighted by Crippen LogP contribution is -2.45. The number of carbonyl (C=O) groups excluding carboxylic acids is 3. The van der Waals surface area contributed by atoms with Gasteiger partial charge in [-0.05, 0) is 55.5 Å². The summed E-state index contributed by atoms with van der Waals surface area (Å²) in [5, 5.41) is 8.90. The molecule has 0 spiro atoms. The molecule has 8 nitrogen and oxygen atoms in total. The standard InChI is InChI=1S/C24H30ClN5O3.ClH/c1-15(31)28-21-7-6-19(20(30-21)13-22(32)27-2)23(33)29-18-8-10-24(14-26,11-9-18)16-4-3-5-17(25)12-16;/h3-7,12,18H,8-11,13-14,26H2,1-2H3,(H,27,32)(H,29,33)(H,28,30,31);1H. The number of anilines is 1. The van der Waals surface area contributed by atoms with Gasteiger partial charge in [-0.15, -0.1) is 12.4 Å². The fraction of sp³-hybridized carbons (Fsp3) is 0.417. The number of likely N-dealkylation sites (N-methyl/N-ethyl adjacent to an activating group) is 1. The van der Waals surface area contributed by atoms with Gasteiger partial charge in [0, 0.05) is 37.0 Å². The molecule has 1 aliphatic rings. The number of nitrogens with one attached hydrogen (secondary N) is 3. The summed E-state index contributed by atoms with van der Waals surface area (Å²) in [6.45, 7) is 1.88. The fourth-order valence-electron chi connectivity index (χ4n) is 4.34. The normalized spacial score (nSPS) is 19.5. The van der Waals surface area contributed by atoms with E-state index < -0.39 is 0 Å². The summed E-state index contributed by atoms with van der Waals surface area (Å²) < 4.78 is 0. The van der Waals surface area contributed by atoms with Crippen molar-refractivity contribution in [1.29, 1.82) is 0 Å². The minimum atomic E-state index is -0.288. The van der Waals surface area contributed by atoms with E-state index in [9.17, 15) is 14.4 Å². The molecule has 1 aromatic carbocycles. The molecule has 1 aliphatic carbocycles. The average molecular weight is 508 g/mol. The van der Waals surface area contributed by atoms with Gasteiger partial charge in [-0.25, -0.2) is 4.98 Å². The smallest absolute Gasteiger partial charge is 0.253 e. The van der Waals surface area contributed by atoms with Crippen molar-refractivity contribution in [2.45, 2.75) is 50.5 Å². The van der Waals surface area contributed by atoms with E-state index in [0.717, 1.165) is 31.2 Å². The molecule has 0 saturated heterocycles. The van der Waals surface area contributed by atoms with E-state index in [0.29, 0.717) is 28.6 Å². The molecule has 0 radical (unpaired) electrons. The van der Waals surface area contributed by atoms with Crippen LogP contribution in [0.2, 0.25) is 5.02 Å². The van der Waals surface area contributed by atoms with Gasteiger partial charge in [-0.3, -0.25) is 14.4 Å². The Morgan fingerprint density at radius 2 is 1.88 bits per heavy atom. The number of nitrogens with two attached hydrogens (primary N) is 1. The first-order valence-corrected chi connectivity index (χ1v) is 11.4. The van der Waals surface area contributed by atoms with Crippen molar-refractivity contribution in [1.82, 2.24) is 15.6 Å². The number of pyridine rings is 1. The maximum Gasteiger partial charge on any atom is 0.253 e. The minimum absolute atomic E-state index is 0. The van der Waals surface area contributed by atoms with Crippen molar-refractivity contribution in [3.05, 3.63) is 58.2 Å². The largest absolute Gasteiger partial charge is 0.359 e. The highest BCUT2D eigenvalue weighted by Gasteiger charge is 2.36. The molecule has 1 fully saturated rings. The van der Waals surface area contributed by atoms with Gasteiger partial charge in [0.2, 0.25) is 11.8 Å². The van der Waals surface area contributed by atoms with E-state index in [-0.39, 0.29) is 48.0 Å². The van der Waals surface area contributed by atoms with Crippen molar-refractivity contribution in [3.63, 3.8) is 0 Å². The minimum Gasteiger partial charge on any atom is -0.359 e. The Morgan fingerprint density at radius 1 is 1.18 bits per heavy atom. The molecule has 1 saturated carbocycles. The number of carbonyl (C=O) groups is 3. The number of halogens is 2. The molecular formula is C24H31Cl2N5O3. The van der Waals surface area contributed by atoms with Crippen molar-refractivity contribution in [3.8, 4) is 0 Å². The van der Waals surface area contributed by atoms with E-state index >= 15 is 0 Å². The quantitative estimate of drug-likeness (QED) is 0.458. The summed E-state index contributed by atoms with van der Waals surface area (Å²) >= 11 is 6.19. The Labute approximate surface area is 210 Å². The Hall–Kier alpha value is -2.68. The van der Waals surface area contributed by atoms with Crippen LogP contribution in [0.3, 0.4) is 0 Å². The first-order valence-electron chi connectivity index (χ1n) is 11.0. The van der Waals surface area contributed by atoms with E-state index in [1.165, 1.54) is 14.0 Å². The summed E-state index contributed by atoms with van der Waals surface area (Å²) in [5.74, 6) is -0.548. The molecule has 3 rings (SSSR count). The van der Waals surface area contributed by atoms with Crippen molar-refractivity contribution in [2.24, 2.45) is 5.73 Å². The Morgan fingerprint density at radius 3 is 2.47 bits per heavy atom. The summed E-state index contributed by atoms with van der Waals surface area (Å²) in [6.07, 6.45) is 3.15. The maximum atomic E-state index is 13.1. The second-order valence-electron chi connectivity index (χ2n) is 8.46. The van der Waals surface area contributed by atoms with Crippen LogP contribution in [0, 0.1) is 0 Å². The number of amides is 3. The molecule has 3 amide bonds. The van der Waals surface area contributed by atoms with Crippen LogP contribution in [0.25, 0.3) is 0 Å². The van der Waals surface area contributed by atoms with Gasteiger partial charge in [-0.1, -0.05) is 23.7 Å². The summed E-state index contributed by atoms with van der Waals surface area (Å²) in [6, 6.07) is 11.0. The monoisotopic (exact) mass is 507 g/mol. The third kappa shape index (κ3) is 6.68. The van der Waals surface area contributed by atoms with Crippen LogP contribution in [-0.4, -0.2) is 42.3 Å².